The molecule has 0 unspecified atom stereocenters. The average molecular weight is 286 g/mol. The molecule has 1 aliphatic rings. The molecule has 2 heterocycles. The highest BCUT2D eigenvalue weighted by atomic mass is 16.5. The molecule has 1 saturated heterocycles. The summed E-state index contributed by atoms with van der Waals surface area (Å²) in [6, 6.07) is 9.93. The SMILES string of the molecule is NC(=NCc1nncn1-c1ccccc1)N1CCOCC1. The fourth-order valence-electron chi connectivity index (χ4n) is 2.22. The first-order valence-corrected chi connectivity index (χ1v) is 6.91. The van der Waals surface area contributed by atoms with E-state index >= 15 is 0 Å². The molecule has 7 heteroatoms. The third-order valence-electron chi connectivity index (χ3n) is 3.37. The summed E-state index contributed by atoms with van der Waals surface area (Å²) < 4.78 is 7.21. The van der Waals surface area contributed by atoms with E-state index in [9.17, 15) is 0 Å². The van der Waals surface area contributed by atoms with Crippen molar-refractivity contribution in [3.63, 3.8) is 0 Å². The zero-order valence-corrected chi connectivity index (χ0v) is 11.7. The van der Waals surface area contributed by atoms with E-state index in [4.69, 9.17) is 10.5 Å². The molecule has 21 heavy (non-hydrogen) atoms. The first-order valence-electron chi connectivity index (χ1n) is 6.91. The number of rotatable bonds is 3. The van der Waals surface area contributed by atoms with Crippen LogP contribution >= 0.6 is 0 Å². The zero-order chi connectivity index (χ0) is 14.5. The predicted octanol–water partition coefficient (Wildman–Crippen LogP) is 0.414. The fraction of sp³-hybridized carbons (Fsp3) is 0.357. The lowest BCUT2D eigenvalue weighted by Gasteiger charge is -2.27. The van der Waals surface area contributed by atoms with Crippen LogP contribution in [0.15, 0.2) is 41.7 Å². The minimum atomic E-state index is 0.401. The van der Waals surface area contributed by atoms with Gasteiger partial charge in [0.15, 0.2) is 11.8 Å². The first-order chi connectivity index (χ1) is 10.3. The Morgan fingerprint density at radius 1 is 1.24 bits per heavy atom. The Morgan fingerprint density at radius 3 is 2.76 bits per heavy atom. The molecule has 0 spiro atoms. The van der Waals surface area contributed by atoms with Crippen LogP contribution in [0.25, 0.3) is 5.69 Å². The Hall–Kier alpha value is -2.41. The second-order valence-corrected chi connectivity index (χ2v) is 4.73. The number of aromatic nitrogens is 3. The molecule has 1 aliphatic heterocycles. The van der Waals surface area contributed by atoms with Gasteiger partial charge in [0.2, 0.25) is 0 Å². The third kappa shape index (κ3) is 3.19. The predicted molar refractivity (Wildman–Crippen MR) is 79.1 cm³/mol. The molecule has 0 saturated carbocycles. The summed E-state index contributed by atoms with van der Waals surface area (Å²) in [7, 11) is 0. The summed E-state index contributed by atoms with van der Waals surface area (Å²) in [4.78, 5) is 6.44. The van der Waals surface area contributed by atoms with Crippen molar-refractivity contribution >= 4 is 5.96 Å². The van der Waals surface area contributed by atoms with Gasteiger partial charge in [-0.25, -0.2) is 4.99 Å². The lowest BCUT2D eigenvalue weighted by molar-refractivity contribution is 0.0674. The van der Waals surface area contributed by atoms with Crippen LogP contribution in [0.5, 0.6) is 0 Å². The average Bonchev–Trinajstić information content (AvgIpc) is 3.03. The Bertz CT molecular complexity index is 603. The van der Waals surface area contributed by atoms with Crippen molar-refractivity contribution in [2.45, 2.75) is 6.54 Å². The Labute approximate surface area is 123 Å². The standard InChI is InChI=1S/C14H18N6O/c15-14(19-6-8-21-9-7-19)16-10-13-18-17-11-20(13)12-4-2-1-3-5-12/h1-5,11H,6-10H2,(H2,15,16). The van der Waals surface area contributed by atoms with Crippen LogP contribution in [0.4, 0.5) is 0 Å². The lowest BCUT2D eigenvalue weighted by atomic mass is 10.3. The molecule has 0 amide bonds. The van der Waals surface area contributed by atoms with Gasteiger partial charge in [-0.1, -0.05) is 18.2 Å². The molecule has 0 bridgehead atoms. The van der Waals surface area contributed by atoms with Gasteiger partial charge >= 0.3 is 0 Å². The van der Waals surface area contributed by atoms with Crippen molar-refractivity contribution in [1.82, 2.24) is 19.7 Å². The van der Waals surface area contributed by atoms with Gasteiger partial charge in [0.25, 0.3) is 0 Å². The second kappa shape index (κ2) is 6.36. The normalized spacial score (nSPS) is 16.2. The molecule has 3 rings (SSSR count). The van der Waals surface area contributed by atoms with Crippen molar-refractivity contribution < 1.29 is 4.74 Å². The van der Waals surface area contributed by atoms with Crippen LogP contribution in [-0.2, 0) is 11.3 Å². The lowest BCUT2D eigenvalue weighted by Crippen LogP contribution is -2.44. The molecule has 2 aromatic rings. The molecule has 110 valence electrons. The summed E-state index contributed by atoms with van der Waals surface area (Å²) in [5.41, 5.74) is 7.03. The smallest absolute Gasteiger partial charge is 0.191 e. The van der Waals surface area contributed by atoms with E-state index in [1.54, 1.807) is 6.33 Å². The van der Waals surface area contributed by atoms with E-state index in [-0.39, 0.29) is 0 Å². The summed E-state index contributed by atoms with van der Waals surface area (Å²) in [5, 5.41) is 8.08. The molecule has 0 radical (unpaired) electrons. The number of hydrogen-bond acceptors (Lipinski definition) is 4. The number of aliphatic imine (C=N–C) groups is 1. The molecule has 7 nitrogen and oxygen atoms in total. The summed E-state index contributed by atoms with van der Waals surface area (Å²) in [5.74, 6) is 1.29. The Kier molecular flexibility index (Phi) is 4.11. The van der Waals surface area contributed by atoms with Crippen LogP contribution in [0, 0.1) is 0 Å². The van der Waals surface area contributed by atoms with Crippen molar-refractivity contribution in [2.75, 3.05) is 26.3 Å². The van der Waals surface area contributed by atoms with Gasteiger partial charge in [-0.3, -0.25) is 4.57 Å². The van der Waals surface area contributed by atoms with E-state index in [2.05, 4.69) is 15.2 Å². The third-order valence-corrected chi connectivity index (χ3v) is 3.37. The van der Waals surface area contributed by atoms with Gasteiger partial charge in [-0.15, -0.1) is 10.2 Å². The van der Waals surface area contributed by atoms with Crippen LogP contribution in [0.3, 0.4) is 0 Å². The van der Waals surface area contributed by atoms with Crippen LogP contribution in [0.2, 0.25) is 0 Å². The molecule has 2 N–H and O–H groups in total. The Balaban J connectivity index is 1.72. The minimum absolute atomic E-state index is 0.401. The van der Waals surface area contributed by atoms with Gasteiger partial charge in [0, 0.05) is 18.8 Å². The van der Waals surface area contributed by atoms with Gasteiger partial charge in [0.05, 0.1) is 13.2 Å². The molecule has 0 aliphatic carbocycles. The van der Waals surface area contributed by atoms with E-state index in [0.29, 0.717) is 25.7 Å². The maximum atomic E-state index is 6.02. The number of hydrogen-bond donors (Lipinski definition) is 1. The summed E-state index contributed by atoms with van der Waals surface area (Å²) >= 11 is 0. The van der Waals surface area contributed by atoms with Crippen molar-refractivity contribution in [1.29, 1.82) is 0 Å². The largest absolute Gasteiger partial charge is 0.378 e. The molecule has 0 atom stereocenters. The monoisotopic (exact) mass is 286 g/mol. The number of nitrogens with zero attached hydrogens (tertiary/aromatic N) is 5. The maximum Gasteiger partial charge on any atom is 0.191 e. The van der Waals surface area contributed by atoms with E-state index in [1.165, 1.54) is 0 Å². The van der Waals surface area contributed by atoms with Crippen molar-refractivity contribution in [3.05, 3.63) is 42.5 Å². The highest BCUT2D eigenvalue weighted by Crippen LogP contribution is 2.09. The highest BCUT2D eigenvalue weighted by Gasteiger charge is 2.12. The molecular formula is C14H18N6O. The van der Waals surface area contributed by atoms with Crippen LogP contribution < -0.4 is 5.73 Å². The fourth-order valence-corrected chi connectivity index (χ4v) is 2.22. The van der Waals surface area contributed by atoms with Gasteiger partial charge < -0.3 is 15.4 Å². The van der Waals surface area contributed by atoms with Crippen LogP contribution in [0.1, 0.15) is 5.82 Å². The van der Waals surface area contributed by atoms with Crippen LogP contribution in [-0.4, -0.2) is 51.9 Å². The van der Waals surface area contributed by atoms with E-state index in [0.717, 1.165) is 24.6 Å². The minimum Gasteiger partial charge on any atom is -0.378 e. The number of ether oxygens (including phenoxy) is 1. The van der Waals surface area contributed by atoms with Gasteiger partial charge in [0.1, 0.15) is 12.9 Å². The maximum absolute atomic E-state index is 6.02. The Morgan fingerprint density at radius 2 is 2.00 bits per heavy atom. The number of para-hydroxylation sites is 1. The highest BCUT2D eigenvalue weighted by molar-refractivity contribution is 5.78. The van der Waals surface area contributed by atoms with E-state index in [1.807, 2.05) is 39.8 Å². The quantitative estimate of drug-likeness (QED) is 0.653. The van der Waals surface area contributed by atoms with Crippen molar-refractivity contribution in [2.24, 2.45) is 10.7 Å². The number of nitrogens with two attached hydrogens (primary N) is 1. The van der Waals surface area contributed by atoms with Gasteiger partial charge in [-0.05, 0) is 12.1 Å². The number of morpholine rings is 1. The van der Waals surface area contributed by atoms with E-state index < -0.39 is 0 Å². The molecule has 1 aromatic carbocycles. The topological polar surface area (TPSA) is 81.6 Å². The van der Waals surface area contributed by atoms with Gasteiger partial charge in [-0.2, -0.15) is 0 Å². The summed E-state index contributed by atoms with van der Waals surface area (Å²) in [6.45, 7) is 3.34. The number of benzene rings is 1. The first kappa shape index (κ1) is 13.6. The number of guanidine groups is 1. The zero-order valence-electron chi connectivity index (χ0n) is 11.7. The molecule has 1 fully saturated rings. The molecule has 1 aromatic heterocycles. The second-order valence-electron chi connectivity index (χ2n) is 4.73. The summed E-state index contributed by atoms with van der Waals surface area (Å²) in [6.07, 6.45) is 1.69. The van der Waals surface area contributed by atoms with Crippen molar-refractivity contribution in [3.8, 4) is 5.69 Å². The molecular weight excluding hydrogens is 268 g/mol.